The summed E-state index contributed by atoms with van der Waals surface area (Å²) in [5, 5.41) is 16.7. The molecule has 0 bridgehead atoms. The third-order valence-electron chi connectivity index (χ3n) is 4.67. The van der Waals surface area contributed by atoms with Crippen molar-refractivity contribution in [3.8, 4) is 5.75 Å². The fourth-order valence-electron chi connectivity index (χ4n) is 3.02. The van der Waals surface area contributed by atoms with E-state index >= 15 is 0 Å². The first kappa shape index (κ1) is 22.2. The number of fused-ring (bicyclic) bond motifs is 1. The number of hydrogen-bond acceptors (Lipinski definition) is 7. The van der Waals surface area contributed by atoms with Crippen LogP contribution in [0.15, 0.2) is 61.4 Å². The molecule has 31 heavy (non-hydrogen) atoms. The van der Waals surface area contributed by atoms with E-state index in [4.69, 9.17) is 4.74 Å². The van der Waals surface area contributed by atoms with Crippen LogP contribution in [-0.4, -0.2) is 59.7 Å². The second kappa shape index (κ2) is 10.5. The predicted molar refractivity (Wildman–Crippen MR) is 122 cm³/mol. The number of aliphatic hydroxyl groups is 1. The molecule has 3 aromatic rings. The number of carbonyl (C=O) groups is 1. The number of carbonyl (C=O) groups excluding carboxylic acids is 1. The van der Waals surface area contributed by atoms with E-state index in [0.717, 1.165) is 12.1 Å². The molecule has 1 amide bonds. The van der Waals surface area contributed by atoms with Gasteiger partial charge in [-0.15, -0.1) is 0 Å². The molecule has 3 rings (SSSR count). The molecule has 1 atom stereocenters. The van der Waals surface area contributed by atoms with Gasteiger partial charge in [0.1, 0.15) is 24.5 Å². The van der Waals surface area contributed by atoms with Crippen LogP contribution >= 0.6 is 0 Å². The predicted octanol–water partition coefficient (Wildman–Crippen LogP) is 2.84. The largest absolute Gasteiger partial charge is 0.490 e. The van der Waals surface area contributed by atoms with Gasteiger partial charge in [-0.25, -0.2) is 9.97 Å². The second-order valence-corrected chi connectivity index (χ2v) is 7.22. The molecule has 2 aromatic carbocycles. The first-order valence-electron chi connectivity index (χ1n) is 9.94. The van der Waals surface area contributed by atoms with E-state index < -0.39 is 0 Å². The van der Waals surface area contributed by atoms with Crippen molar-refractivity contribution in [1.82, 2.24) is 14.9 Å². The zero-order chi connectivity index (χ0) is 22.2. The van der Waals surface area contributed by atoms with E-state index in [2.05, 4.69) is 27.2 Å². The Bertz CT molecular complexity index is 1040. The van der Waals surface area contributed by atoms with E-state index in [1.54, 1.807) is 12.1 Å². The van der Waals surface area contributed by atoms with Crippen LogP contribution in [0.1, 0.15) is 11.6 Å². The highest BCUT2D eigenvalue weighted by Crippen LogP contribution is 2.33. The molecular weight excluding hydrogens is 394 g/mol. The van der Waals surface area contributed by atoms with E-state index in [9.17, 15) is 9.90 Å². The van der Waals surface area contributed by atoms with Gasteiger partial charge in [-0.3, -0.25) is 4.79 Å². The molecular formula is C23H27N5O3. The van der Waals surface area contributed by atoms with Crippen LogP contribution in [-0.2, 0) is 4.79 Å². The molecule has 3 N–H and O–H groups in total. The highest BCUT2D eigenvalue weighted by molar-refractivity contribution is 6.03. The third-order valence-corrected chi connectivity index (χ3v) is 4.67. The minimum Gasteiger partial charge on any atom is -0.490 e. The molecule has 0 aliphatic carbocycles. The van der Waals surface area contributed by atoms with Crippen molar-refractivity contribution in [2.75, 3.05) is 44.5 Å². The summed E-state index contributed by atoms with van der Waals surface area (Å²) in [4.78, 5) is 22.7. The molecule has 0 radical (unpaired) electrons. The molecule has 8 nitrogen and oxygen atoms in total. The average molecular weight is 422 g/mol. The van der Waals surface area contributed by atoms with Crippen molar-refractivity contribution in [1.29, 1.82) is 0 Å². The lowest BCUT2D eigenvalue weighted by Gasteiger charge is -2.19. The Morgan fingerprint density at radius 3 is 2.71 bits per heavy atom. The lowest BCUT2D eigenvalue weighted by atomic mass is 10.1. The van der Waals surface area contributed by atoms with E-state index in [-0.39, 0.29) is 18.6 Å². The highest BCUT2D eigenvalue weighted by Gasteiger charge is 2.16. The number of likely N-dealkylation sites (N-methyl/N-ethyl adjacent to an activating group) is 1. The van der Waals surface area contributed by atoms with E-state index in [1.165, 1.54) is 12.4 Å². The monoisotopic (exact) mass is 421 g/mol. The molecule has 0 saturated heterocycles. The third kappa shape index (κ3) is 5.78. The maximum atomic E-state index is 12.0. The highest BCUT2D eigenvalue weighted by atomic mass is 16.5. The smallest absolute Gasteiger partial charge is 0.247 e. The summed E-state index contributed by atoms with van der Waals surface area (Å²) in [6, 6.07) is 12.8. The van der Waals surface area contributed by atoms with Gasteiger partial charge in [0, 0.05) is 18.0 Å². The quantitative estimate of drug-likeness (QED) is 0.433. The minimum atomic E-state index is -0.347. The fraction of sp³-hybridized carbons (Fsp3) is 0.261. The van der Waals surface area contributed by atoms with Gasteiger partial charge in [0.25, 0.3) is 0 Å². The van der Waals surface area contributed by atoms with Crippen molar-refractivity contribution in [2.24, 2.45) is 0 Å². The summed E-state index contributed by atoms with van der Waals surface area (Å²) >= 11 is 0. The SMILES string of the molecule is C=CC(=O)Nc1cc2c(N[C@H](CO)c3ccccc3)ncnc2cc1OCCN(C)C. The summed E-state index contributed by atoms with van der Waals surface area (Å²) in [5.74, 6) is 0.707. The standard InChI is InChI=1S/C23H27N5O3/c1-4-22(30)26-19-12-17-18(13-21(19)31-11-10-28(2)3)24-15-25-23(17)27-20(14-29)16-8-6-5-7-9-16/h4-9,12-13,15,20,29H,1,10-11,14H2,2-3H3,(H,26,30)(H,24,25,27)/t20-/m1/s1. The summed E-state index contributed by atoms with van der Waals surface area (Å²) in [6.07, 6.45) is 2.65. The number of aromatic nitrogens is 2. The van der Waals surface area contributed by atoms with Crippen LogP contribution in [0.3, 0.4) is 0 Å². The van der Waals surface area contributed by atoms with Crippen molar-refractivity contribution >= 4 is 28.3 Å². The maximum Gasteiger partial charge on any atom is 0.247 e. The molecule has 0 saturated carbocycles. The second-order valence-electron chi connectivity index (χ2n) is 7.22. The number of nitrogens with one attached hydrogen (secondary N) is 2. The maximum absolute atomic E-state index is 12.0. The molecule has 8 heteroatoms. The van der Waals surface area contributed by atoms with Crippen LogP contribution in [0, 0.1) is 0 Å². The number of anilines is 2. The Hall–Kier alpha value is -3.49. The molecule has 1 aromatic heterocycles. The molecule has 162 valence electrons. The molecule has 0 fully saturated rings. The van der Waals surface area contributed by atoms with Gasteiger partial charge in [-0.1, -0.05) is 36.9 Å². The van der Waals surface area contributed by atoms with E-state index in [0.29, 0.717) is 34.8 Å². The van der Waals surface area contributed by atoms with Crippen molar-refractivity contribution < 1.29 is 14.6 Å². The number of amides is 1. The molecule has 0 aliphatic heterocycles. The first-order valence-corrected chi connectivity index (χ1v) is 9.94. The first-order chi connectivity index (χ1) is 15.0. The van der Waals surface area contributed by atoms with Crippen molar-refractivity contribution in [2.45, 2.75) is 6.04 Å². The van der Waals surface area contributed by atoms with Gasteiger partial charge in [0.2, 0.25) is 5.91 Å². The van der Waals surface area contributed by atoms with Crippen LogP contribution in [0.4, 0.5) is 11.5 Å². The number of hydrogen-bond donors (Lipinski definition) is 3. The van der Waals surface area contributed by atoms with Crippen molar-refractivity contribution in [3.05, 3.63) is 67.0 Å². The zero-order valence-corrected chi connectivity index (χ0v) is 17.7. The normalized spacial score (nSPS) is 11.9. The minimum absolute atomic E-state index is 0.110. The average Bonchev–Trinajstić information content (AvgIpc) is 2.78. The van der Waals surface area contributed by atoms with Gasteiger partial charge < -0.3 is 25.4 Å². The lowest BCUT2D eigenvalue weighted by molar-refractivity contribution is -0.111. The zero-order valence-electron chi connectivity index (χ0n) is 17.7. The summed E-state index contributed by atoms with van der Waals surface area (Å²) in [7, 11) is 3.92. The van der Waals surface area contributed by atoms with Crippen LogP contribution < -0.4 is 15.4 Å². The molecule has 0 aliphatic rings. The molecule has 0 spiro atoms. The Labute approximate surface area is 181 Å². The van der Waals surface area contributed by atoms with Crippen LogP contribution in [0.2, 0.25) is 0 Å². The van der Waals surface area contributed by atoms with Gasteiger partial charge in [-0.05, 0) is 31.8 Å². The Morgan fingerprint density at radius 1 is 1.26 bits per heavy atom. The number of nitrogens with zero attached hydrogens (tertiary/aromatic N) is 3. The van der Waals surface area contributed by atoms with Crippen LogP contribution in [0.5, 0.6) is 5.75 Å². The van der Waals surface area contributed by atoms with Gasteiger partial charge in [0.15, 0.2) is 0 Å². The van der Waals surface area contributed by atoms with Gasteiger partial charge in [0.05, 0.1) is 23.9 Å². The van der Waals surface area contributed by atoms with Gasteiger partial charge in [-0.2, -0.15) is 0 Å². The summed E-state index contributed by atoms with van der Waals surface area (Å²) in [5.41, 5.74) is 2.08. The lowest BCUT2D eigenvalue weighted by Crippen LogP contribution is -2.20. The Morgan fingerprint density at radius 2 is 2.03 bits per heavy atom. The molecule has 0 unspecified atom stereocenters. The number of rotatable bonds is 10. The summed E-state index contributed by atoms with van der Waals surface area (Å²) in [6.45, 7) is 4.57. The molecule has 1 heterocycles. The Balaban J connectivity index is 1.98. The van der Waals surface area contributed by atoms with E-state index in [1.807, 2.05) is 49.3 Å². The fourth-order valence-corrected chi connectivity index (χ4v) is 3.02. The number of aliphatic hydroxyl groups excluding tert-OH is 1. The Kier molecular flexibility index (Phi) is 7.53. The topological polar surface area (TPSA) is 99.6 Å². The number of benzene rings is 2. The van der Waals surface area contributed by atoms with Gasteiger partial charge >= 0.3 is 0 Å². The van der Waals surface area contributed by atoms with Crippen molar-refractivity contribution in [3.63, 3.8) is 0 Å². The van der Waals surface area contributed by atoms with Crippen LogP contribution in [0.25, 0.3) is 10.9 Å². The number of ether oxygens (including phenoxy) is 1. The summed E-state index contributed by atoms with van der Waals surface area (Å²) < 4.78 is 5.90.